The first-order valence-corrected chi connectivity index (χ1v) is 17.1. The largest absolute Gasteiger partial charge is 0.743 e. The van der Waals surface area contributed by atoms with E-state index in [2.05, 4.69) is 95.2 Å². The summed E-state index contributed by atoms with van der Waals surface area (Å²) in [6.07, 6.45) is -0.792. The van der Waals surface area contributed by atoms with Crippen LogP contribution in [0.2, 0.25) is 0 Å². The lowest BCUT2D eigenvalue weighted by Crippen LogP contribution is -2.54. The summed E-state index contributed by atoms with van der Waals surface area (Å²) in [4.78, 5) is 4.08. The molecule has 2 fully saturated rings. The highest BCUT2D eigenvalue weighted by Gasteiger charge is 2.70. The van der Waals surface area contributed by atoms with E-state index in [0.717, 1.165) is 0 Å². The van der Waals surface area contributed by atoms with E-state index in [1.165, 1.54) is 14.7 Å². The van der Waals surface area contributed by atoms with Crippen molar-refractivity contribution >= 4 is 31.1 Å². The lowest BCUT2D eigenvalue weighted by molar-refractivity contribution is -0.208. The molecule has 222 valence electrons. The Kier molecular flexibility index (Phi) is 9.25. The van der Waals surface area contributed by atoms with E-state index in [9.17, 15) is 39.0 Å². The highest BCUT2D eigenvalue weighted by Crippen LogP contribution is 2.59. The minimum absolute atomic E-state index is 0.0146. The van der Waals surface area contributed by atoms with E-state index in [1.54, 1.807) is 0 Å². The first-order valence-electron chi connectivity index (χ1n) is 12.6. The lowest BCUT2D eigenvalue weighted by Gasteiger charge is -2.38. The van der Waals surface area contributed by atoms with Gasteiger partial charge in [-0.1, -0.05) is 54.6 Å². The molecule has 6 nitrogen and oxygen atoms in total. The maximum absolute atomic E-state index is 13.9. The molecule has 2 bridgehead atoms. The average molecular weight is 633 g/mol. The molecular formula is C28H28F4O6S3. The zero-order valence-electron chi connectivity index (χ0n) is 21.8. The van der Waals surface area contributed by atoms with Gasteiger partial charge in [0.15, 0.2) is 24.8 Å². The predicted molar refractivity (Wildman–Crippen MR) is 145 cm³/mol. The smallest absolute Gasteiger partial charge is 0.396 e. The maximum Gasteiger partial charge on any atom is 0.396 e. The molecule has 41 heavy (non-hydrogen) atoms. The van der Waals surface area contributed by atoms with Crippen LogP contribution in [0.15, 0.2) is 106 Å². The molecule has 0 saturated heterocycles. The second-order valence-electron chi connectivity index (χ2n) is 10.0. The maximum atomic E-state index is 13.9. The molecule has 0 radical (unpaired) electrons. The second-order valence-corrected chi connectivity index (χ2v) is 15.1. The molecule has 2 aliphatic rings. The SMILES string of the molecule is CS(=O)(=O)OC1CC2CC1C(C(F)(F)C(F)(F)S(=O)(=O)[O-])C2.c1ccc([S+](c2ccccc2)c2ccccc2)cc1. The third kappa shape index (κ3) is 6.96. The van der Waals surface area contributed by atoms with Crippen LogP contribution in [0.3, 0.4) is 0 Å². The van der Waals surface area contributed by atoms with Crippen LogP contribution in [0, 0.1) is 17.8 Å². The topological polar surface area (TPSA) is 101 Å². The van der Waals surface area contributed by atoms with Crippen LogP contribution in [0.1, 0.15) is 19.3 Å². The van der Waals surface area contributed by atoms with Crippen molar-refractivity contribution in [3.05, 3.63) is 91.0 Å². The molecule has 0 aromatic heterocycles. The molecule has 0 aliphatic heterocycles. The third-order valence-electron chi connectivity index (χ3n) is 7.16. The van der Waals surface area contributed by atoms with Crippen LogP contribution in [0.25, 0.3) is 0 Å². The van der Waals surface area contributed by atoms with Gasteiger partial charge in [0.1, 0.15) is 0 Å². The molecule has 0 N–H and O–H groups in total. The summed E-state index contributed by atoms with van der Waals surface area (Å²) in [6.45, 7) is 0. The molecule has 3 aromatic carbocycles. The Labute approximate surface area is 240 Å². The van der Waals surface area contributed by atoms with Crippen molar-refractivity contribution in [3.63, 3.8) is 0 Å². The van der Waals surface area contributed by atoms with Gasteiger partial charge in [-0.05, 0) is 67.5 Å². The Bertz CT molecular complexity index is 1430. The number of rotatable bonds is 8. The van der Waals surface area contributed by atoms with Crippen molar-refractivity contribution in [2.75, 3.05) is 6.26 Å². The van der Waals surface area contributed by atoms with E-state index in [1.807, 2.05) is 0 Å². The van der Waals surface area contributed by atoms with Gasteiger partial charge in [-0.25, -0.2) is 8.42 Å². The molecule has 0 spiro atoms. The second kappa shape index (κ2) is 12.0. The first kappa shape index (κ1) is 31.5. The van der Waals surface area contributed by atoms with Crippen LogP contribution >= 0.6 is 0 Å². The molecule has 2 saturated carbocycles. The van der Waals surface area contributed by atoms with Crippen LogP contribution < -0.4 is 0 Å². The van der Waals surface area contributed by atoms with E-state index in [-0.39, 0.29) is 23.7 Å². The summed E-state index contributed by atoms with van der Waals surface area (Å²) in [5, 5.41) is -5.76. The number of hydrogen-bond donors (Lipinski definition) is 0. The van der Waals surface area contributed by atoms with Crippen molar-refractivity contribution in [1.29, 1.82) is 0 Å². The molecule has 4 atom stereocenters. The fourth-order valence-corrected chi connectivity index (χ4v) is 8.76. The Morgan fingerprint density at radius 2 is 1.15 bits per heavy atom. The van der Waals surface area contributed by atoms with E-state index < -0.39 is 61.7 Å². The molecule has 5 rings (SSSR count). The Balaban J connectivity index is 0.000000191. The van der Waals surface area contributed by atoms with Gasteiger partial charge < -0.3 is 4.55 Å². The summed E-state index contributed by atoms with van der Waals surface area (Å²) in [6, 6.07) is 32.2. The molecule has 2 aliphatic carbocycles. The van der Waals surface area contributed by atoms with Gasteiger partial charge in [0.05, 0.1) is 23.3 Å². The Morgan fingerprint density at radius 3 is 1.49 bits per heavy atom. The fourth-order valence-electron chi connectivity index (χ4n) is 5.50. The number of halogens is 4. The number of alkyl halides is 4. The summed E-state index contributed by atoms with van der Waals surface area (Å²) in [5.41, 5.74) is 0. The molecule has 0 heterocycles. The van der Waals surface area contributed by atoms with Gasteiger partial charge in [0.25, 0.3) is 10.1 Å². The summed E-state index contributed by atoms with van der Waals surface area (Å²) in [7, 11) is -10.5. The molecule has 0 amide bonds. The molecule has 3 aromatic rings. The number of benzene rings is 3. The van der Waals surface area contributed by atoms with Crippen molar-refractivity contribution < 1.29 is 43.1 Å². The summed E-state index contributed by atoms with van der Waals surface area (Å²) in [5.74, 6) is -8.94. The monoisotopic (exact) mass is 632 g/mol. The van der Waals surface area contributed by atoms with Crippen LogP contribution in [0.5, 0.6) is 0 Å². The first-order chi connectivity index (χ1) is 19.1. The van der Waals surface area contributed by atoms with Crippen LogP contribution in [-0.4, -0.2) is 44.9 Å². The Morgan fingerprint density at radius 1 is 0.732 bits per heavy atom. The van der Waals surface area contributed by atoms with Gasteiger partial charge in [0.2, 0.25) is 0 Å². The molecular weight excluding hydrogens is 604 g/mol. The van der Waals surface area contributed by atoms with Crippen molar-refractivity contribution in [1.82, 2.24) is 0 Å². The van der Waals surface area contributed by atoms with Gasteiger partial charge in [-0.3, -0.25) is 4.18 Å². The standard InChI is InChI=1S/C18H15S.C10H14F4O6S2/c1-4-10-16(11-5-1)19(17-12-6-2-7-13-17)18-14-8-3-9-15-18;1-21(15,16)20-8-4-5-2-6(8)7(3-5)9(11,12)10(13,14)22(17,18)19/h1-15H;5-8H,2-4H2,1H3,(H,17,18,19)/q+1;/p-1. The number of hydrogen-bond acceptors (Lipinski definition) is 6. The van der Waals surface area contributed by atoms with Gasteiger partial charge in [-0.15, -0.1) is 0 Å². The van der Waals surface area contributed by atoms with Crippen LogP contribution in [0.4, 0.5) is 17.6 Å². The normalized spacial score (nSPS) is 22.8. The van der Waals surface area contributed by atoms with Crippen molar-refractivity contribution in [3.8, 4) is 0 Å². The minimum Gasteiger partial charge on any atom is -0.743 e. The number of fused-ring (bicyclic) bond motifs is 2. The van der Waals surface area contributed by atoms with Crippen molar-refractivity contribution in [2.45, 2.75) is 51.2 Å². The van der Waals surface area contributed by atoms with Gasteiger partial charge in [-0.2, -0.15) is 26.0 Å². The third-order valence-corrected chi connectivity index (χ3v) is 10.9. The van der Waals surface area contributed by atoms with Gasteiger partial charge in [0, 0.05) is 5.92 Å². The van der Waals surface area contributed by atoms with E-state index >= 15 is 0 Å². The van der Waals surface area contributed by atoms with Crippen LogP contribution in [-0.2, 0) is 35.3 Å². The van der Waals surface area contributed by atoms with E-state index in [4.69, 9.17) is 0 Å². The minimum atomic E-state index is -6.56. The van der Waals surface area contributed by atoms with Gasteiger partial charge >= 0.3 is 11.2 Å². The predicted octanol–water partition coefficient (Wildman–Crippen LogP) is 5.93. The molecule has 4 unspecified atom stereocenters. The summed E-state index contributed by atoms with van der Waals surface area (Å²) >= 11 is 0. The average Bonchev–Trinajstić information content (AvgIpc) is 3.51. The molecule has 13 heteroatoms. The highest BCUT2D eigenvalue weighted by molar-refractivity contribution is 7.97. The zero-order valence-corrected chi connectivity index (χ0v) is 24.2. The summed E-state index contributed by atoms with van der Waals surface area (Å²) < 4.78 is 113. The highest BCUT2D eigenvalue weighted by atomic mass is 32.2. The fraction of sp³-hybridized carbons (Fsp3) is 0.357. The quantitative estimate of drug-likeness (QED) is 0.132. The lowest BCUT2D eigenvalue weighted by atomic mass is 9.82. The van der Waals surface area contributed by atoms with E-state index in [0.29, 0.717) is 6.26 Å². The Hall–Kier alpha value is -2.45. The zero-order chi connectivity index (χ0) is 30.1. The van der Waals surface area contributed by atoms with Crippen molar-refractivity contribution in [2.24, 2.45) is 17.8 Å².